The molecule has 0 saturated heterocycles. The Balaban J connectivity index is 1.56. The van der Waals surface area contributed by atoms with Crippen molar-refractivity contribution >= 4 is 22.3 Å². The Morgan fingerprint density at radius 3 is 3.00 bits per heavy atom. The average molecular weight is 320 g/mol. The molecule has 1 N–H and O–H groups in total. The number of nitrogens with one attached hydrogen (secondary N) is 1. The number of carbonyl (C=O) groups excluding carboxylic acids is 1. The van der Waals surface area contributed by atoms with Gasteiger partial charge in [-0.1, -0.05) is 18.2 Å². The Labute approximate surface area is 135 Å². The van der Waals surface area contributed by atoms with E-state index in [1.54, 1.807) is 41.1 Å². The smallest absolute Gasteiger partial charge is 0.344 e. The van der Waals surface area contributed by atoms with Crippen LogP contribution in [0.15, 0.2) is 64.2 Å². The minimum atomic E-state index is -0.525. The lowest BCUT2D eigenvalue weighted by Crippen LogP contribution is -2.24. The van der Waals surface area contributed by atoms with Gasteiger partial charge in [0.2, 0.25) is 0 Å². The maximum absolute atomic E-state index is 12.3. The Morgan fingerprint density at radius 2 is 2.08 bits per heavy atom. The molecule has 24 heavy (non-hydrogen) atoms. The highest BCUT2D eigenvalue weighted by molar-refractivity contribution is 5.95. The zero-order valence-electron chi connectivity index (χ0n) is 12.5. The number of aromatic nitrogens is 3. The highest BCUT2D eigenvalue weighted by atomic mass is 16.4. The number of pyridine rings is 1. The molecule has 0 radical (unpaired) electrons. The minimum Gasteiger partial charge on any atom is -0.417 e. The fourth-order valence-corrected chi connectivity index (χ4v) is 2.49. The van der Waals surface area contributed by atoms with E-state index in [1.165, 1.54) is 0 Å². The standard InChI is InChI=1S/C17H12N4O3/c22-16(14-8-12-3-1-2-4-13(12)17(23)24-14)18-9-11-5-6-21-10-19-20-15(21)7-11/h1-8,10H,9H2,(H,18,22). The summed E-state index contributed by atoms with van der Waals surface area (Å²) < 4.78 is 6.88. The summed E-state index contributed by atoms with van der Waals surface area (Å²) in [4.78, 5) is 24.2. The van der Waals surface area contributed by atoms with Gasteiger partial charge in [0.15, 0.2) is 11.4 Å². The number of nitrogens with zero attached hydrogens (tertiary/aromatic N) is 3. The van der Waals surface area contributed by atoms with Crippen molar-refractivity contribution < 1.29 is 9.21 Å². The molecule has 4 aromatic rings. The van der Waals surface area contributed by atoms with Gasteiger partial charge in [-0.2, -0.15) is 0 Å². The van der Waals surface area contributed by atoms with Gasteiger partial charge < -0.3 is 9.73 Å². The molecular formula is C17H12N4O3. The minimum absolute atomic E-state index is 0.0118. The van der Waals surface area contributed by atoms with E-state index in [-0.39, 0.29) is 5.76 Å². The first-order valence-electron chi connectivity index (χ1n) is 7.30. The lowest BCUT2D eigenvalue weighted by Gasteiger charge is -2.05. The molecule has 0 spiro atoms. The van der Waals surface area contributed by atoms with Crippen LogP contribution in [0, 0.1) is 0 Å². The first-order chi connectivity index (χ1) is 11.7. The van der Waals surface area contributed by atoms with Gasteiger partial charge in [-0.3, -0.25) is 9.20 Å². The summed E-state index contributed by atoms with van der Waals surface area (Å²) in [5.41, 5.74) is 1.04. The van der Waals surface area contributed by atoms with Gasteiger partial charge in [0, 0.05) is 12.7 Å². The van der Waals surface area contributed by atoms with E-state index in [1.807, 2.05) is 18.3 Å². The van der Waals surface area contributed by atoms with E-state index in [9.17, 15) is 9.59 Å². The van der Waals surface area contributed by atoms with E-state index in [0.29, 0.717) is 23.0 Å². The lowest BCUT2D eigenvalue weighted by molar-refractivity contribution is 0.0919. The second kappa shape index (κ2) is 5.62. The molecule has 0 bridgehead atoms. The van der Waals surface area contributed by atoms with Gasteiger partial charge in [0.1, 0.15) is 6.33 Å². The molecule has 1 aromatic carbocycles. The number of fused-ring (bicyclic) bond motifs is 2. The largest absolute Gasteiger partial charge is 0.417 e. The van der Waals surface area contributed by atoms with Crippen LogP contribution in [0.2, 0.25) is 0 Å². The zero-order chi connectivity index (χ0) is 16.5. The van der Waals surface area contributed by atoms with Crippen molar-refractivity contribution in [2.75, 3.05) is 0 Å². The fraction of sp³-hybridized carbons (Fsp3) is 0.0588. The molecule has 118 valence electrons. The summed E-state index contributed by atoms with van der Waals surface area (Å²) in [6.45, 7) is 0.290. The summed E-state index contributed by atoms with van der Waals surface area (Å²) >= 11 is 0. The van der Waals surface area contributed by atoms with Gasteiger partial charge in [-0.25, -0.2) is 4.79 Å². The fourth-order valence-electron chi connectivity index (χ4n) is 2.49. The second-order valence-electron chi connectivity index (χ2n) is 5.30. The monoisotopic (exact) mass is 320 g/mol. The second-order valence-corrected chi connectivity index (χ2v) is 5.30. The van der Waals surface area contributed by atoms with Crippen LogP contribution in [0.25, 0.3) is 16.4 Å². The molecule has 0 aliphatic heterocycles. The topological polar surface area (TPSA) is 89.5 Å². The third-order valence-electron chi connectivity index (χ3n) is 3.71. The number of hydrogen-bond acceptors (Lipinski definition) is 5. The Bertz CT molecular complexity index is 1110. The van der Waals surface area contributed by atoms with Crippen LogP contribution in [0.5, 0.6) is 0 Å². The van der Waals surface area contributed by atoms with Crippen molar-refractivity contribution in [3.63, 3.8) is 0 Å². The summed E-state index contributed by atoms with van der Waals surface area (Å²) in [6, 6.07) is 12.2. The molecule has 0 fully saturated rings. The van der Waals surface area contributed by atoms with Crippen molar-refractivity contribution in [1.82, 2.24) is 19.9 Å². The van der Waals surface area contributed by atoms with E-state index in [4.69, 9.17) is 4.42 Å². The normalized spacial score (nSPS) is 11.0. The predicted octanol–water partition coefficient (Wildman–Crippen LogP) is 1.77. The lowest BCUT2D eigenvalue weighted by atomic mass is 10.1. The number of carbonyl (C=O) groups is 1. The first kappa shape index (κ1) is 14.1. The molecule has 0 aliphatic carbocycles. The summed E-state index contributed by atoms with van der Waals surface area (Å²) in [6.07, 6.45) is 3.41. The average Bonchev–Trinajstić information content (AvgIpc) is 3.07. The predicted molar refractivity (Wildman–Crippen MR) is 86.6 cm³/mol. The maximum Gasteiger partial charge on any atom is 0.344 e. The van der Waals surface area contributed by atoms with Crippen molar-refractivity contribution in [1.29, 1.82) is 0 Å². The Hall–Kier alpha value is -3.48. The molecular weight excluding hydrogens is 308 g/mol. The number of rotatable bonds is 3. The van der Waals surface area contributed by atoms with E-state index in [0.717, 1.165) is 5.56 Å². The molecule has 0 saturated carbocycles. The van der Waals surface area contributed by atoms with Gasteiger partial charge in [0.05, 0.1) is 5.39 Å². The quantitative estimate of drug-likeness (QED) is 0.621. The van der Waals surface area contributed by atoms with E-state index < -0.39 is 11.5 Å². The molecule has 0 atom stereocenters. The van der Waals surface area contributed by atoms with Gasteiger partial charge >= 0.3 is 5.63 Å². The summed E-state index contributed by atoms with van der Waals surface area (Å²) in [5.74, 6) is -0.457. The first-order valence-corrected chi connectivity index (χ1v) is 7.30. The van der Waals surface area contributed by atoms with Crippen LogP contribution in [-0.4, -0.2) is 20.5 Å². The van der Waals surface area contributed by atoms with Gasteiger partial charge in [-0.05, 0) is 35.2 Å². The van der Waals surface area contributed by atoms with Crippen LogP contribution in [0.1, 0.15) is 16.1 Å². The van der Waals surface area contributed by atoms with E-state index >= 15 is 0 Å². The highest BCUT2D eigenvalue weighted by Crippen LogP contribution is 2.12. The molecule has 4 rings (SSSR count). The SMILES string of the molecule is O=C(NCc1ccn2cnnc2c1)c1cc2ccccc2c(=O)o1. The van der Waals surface area contributed by atoms with Gasteiger partial charge in [-0.15, -0.1) is 10.2 Å². The molecule has 0 aliphatic rings. The summed E-state index contributed by atoms with van der Waals surface area (Å²) in [7, 11) is 0. The molecule has 0 unspecified atom stereocenters. The van der Waals surface area contributed by atoms with Crippen molar-refractivity contribution in [3.8, 4) is 0 Å². The van der Waals surface area contributed by atoms with Crippen LogP contribution < -0.4 is 10.9 Å². The number of amides is 1. The molecule has 3 heterocycles. The molecule has 7 nitrogen and oxygen atoms in total. The van der Waals surface area contributed by atoms with Crippen LogP contribution >= 0.6 is 0 Å². The maximum atomic E-state index is 12.3. The van der Waals surface area contributed by atoms with Crippen LogP contribution in [-0.2, 0) is 6.54 Å². The summed E-state index contributed by atoms with van der Waals surface area (Å²) in [5, 5.41) is 11.6. The van der Waals surface area contributed by atoms with E-state index in [2.05, 4.69) is 15.5 Å². The van der Waals surface area contributed by atoms with Crippen LogP contribution in [0.4, 0.5) is 0 Å². The molecule has 1 amide bonds. The number of benzene rings is 1. The highest BCUT2D eigenvalue weighted by Gasteiger charge is 2.12. The van der Waals surface area contributed by atoms with Crippen LogP contribution in [0.3, 0.4) is 0 Å². The molecule has 3 aromatic heterocycles. The van der Waals surface area contributed by atoms with Gasteiger partial charge in [0.25, 0.3) is 5.91 Å². The zero-order valence-corrected chi connectivity index (χ0v) is 12.5. The third kappa shape index (κ3) is 2.52. The molecule has 7 heteroatoms. The number of hydrogen-bond donors (Lipinski definition) is 1. The van der Waals surface area contributed by atoms with Crippen molar-refractivity contribution in [2.24, 2.45) is 0 Å². The third-order valence-corrected chi connectivity index (χ3v) is 3.71. The Morgan fingerprint density at radius 1 is 1.21 bits per heavy atom. The van der Waals surface area contributed by atoms with Crippen molar-refractivity contribution in [2.45, 2.75) is 6.54 Å². The Kier molecular flexibility index (Phi) is 3.31. The van der Waals surface area contributed by atoms with Crippen molar-refractivity contribution in [3.05, 3.63) is 76.7 Å².